The highest BCUT2D eigenvalue weighted by Gasteiger charge is 2.18. The van der Waals surface area contributed by atoms with Gasteiger partial charge in [0.05, 0.1) is 35.0 Å². The summed E-state index contributed by atoms with van der Waals surface area (Å²) >= 11 is 1.40. The van der Waals surface area contributed by atoms with Crippen LogP contribution < -0.4 is 5.56 Å². The van der Waals surface area contributed by atoms with Crippen molar-refractivity contribution < 1.29 is 9.53 Å². The molecule has 35 heavy (non-hydrogen) atoms. The topological polar surface area (TPSA) is 116 Å². The number of aromatic nitrogens is 6. The standard InChI is InChI=1S/C25H20N6O3S/c1-15-6-3-4-8-20(15)31-22(17-7-5-11-26-13-17)29-30-25(31)35-14-21-27-19-12-16(24(33)34-2)9-10-18(19)23(32)28-21/h3-13H,14H2,1-2H3,(H,27,28,32). The molecule has 3 heterocycles. The second-order valence-electron chi connectivity index (χ2n) is 7.69. The number of nitrogens with one attached hydrogen (secondary N) is 1. The Morgan fingerprint density at radius 2 is 1.97 bits per heavy atom. The van der Waals surface area contributed by atoms with E-state index in [0.29, 0.717) is 39.0 Å². The second-order valence-corrected chi connectivity index (χ2v) is 8.64. The number of H-pyrrole nitrogens is 1. The van der Waals surface area contributed by atoms with E-state index in [1.807, 2.05) is 47.9 Å². The maximum absolute atomic E-state index is 12.6. The van der Waals surface area contributed by atoms with Crippen LogP contribution in [0, 0.1) is 6.92 Å². The van der Waals surface area contributed by atoms with Crippen LogP contribution in [0.25, 0.3) is 28.0 Å². The number of hydrogen-bond acceptors (Lipinski definition) is 8. The Morgan fingerprint density at radius 1 is 1.11 bits per heavy atom. The number of carbonyl (C=O) groups is 1. The molecule has 0 bridgehead atoms. The summed E-state index contributed by atoms with van der Waals surface area (Å²) in [4.78, 5) is 36.1. The van der Waals surface area contributed by atoms with Gasteiger partial charge in [0.25, 0.3) is 5.56 Å². The highest BCUT2D eigenvalue weighted by Crippen LogP contribution is 2.30. The number of fused-ring (bicyclic) bond motifs is 1. The third-order valence-electron chi connectivity index (χ3n) is 5.42. The smallest absolute Gasteiger partial charge is 0.337 e. The average Bonchev–Trinajstić information content (AvgIpc) is 3.31. The van der Waals surface area contributed by atoms with Crippen LogP contribution in [0.1, 0.15) is 21.7 Å². The van der Waals surface area contributed by atoms with Gasteiger partial charge in [0.1, 0.15) is 5.82 Å². The van der Waals surface area contributed by atoms with Crippen LogP contribution >= 0.6 is 11.8 Å². The molecule has 0 saturated heterocycles. The Hall–Kier alpha value is -4.31. The van der Waals surface area contributed by atoms with Crippen LogP contribution in [0.5, 0.6) is 0 Å². The number of rotatable bonds is 6. The van der Waals surface area contributed by atoms with Crippen LogP contribution in [0.4, 0.5) is 0 Å². The highest BCUT2D eigenvalue weighted by molar-refractivity contribution is 7.98. The predicted molar refractivity (Wildman–Crippen MR) is 133 cm³/mol. The number of nitrogens with zero attached hydrogens (tertiary/aromatic N) is 5. The summed E-state index contributed by atoms with van der Waals surface area (Å²) in [7, 11) is 1.31. The molecule has 0 fully saturated rings. The molecule has 0 unspecified atom stereocenters. The zero-order chi connectivity index (χ0) is 24.4. The van der Waals surface area contributed by atoms with Gasteiger partial charge in [-0.2, -0.15) is 0 Å². The van der Waals surface area contributed by atoms with Gasteiger partial charge in [-0.15, -0.1) is 10.2 Å². The minimum absolute atomic E-state index is 0.279. The van der Waals surface area contributed by atoms with E-state index in [2.05, 4.69) is 25.1 Å². The minimum Gasteiger partial charge on any atom is -0.465 e. The molecule has 3 aromatic heterocycles. The zero-order valence-corrected chi connectivity index (χ0v) is 19.7. The van der Waals surface area contributed by atoms with Crippen LogP contribution in [0.3, 0.4) is 0 Å². The van der Waals surface area contributed by atoms with Crippen molar-refractivity contribution in [1.82, 2.24) is 29.7 Å². The Labute approximate surface area is 204 Å². The van der Waals surface area contributed by atoms with Crippen molar-refractivity contribution in [3.63, 3.8) is 0 Å². The number of methoxy groups -OCH3 is 1. The Balaban J connectivity index is 1.52. The van der Waals surface area contributed by atoms with Crippen molar-refractivity contribution in [2.24, 2.45) is 0 Å². The molecule has 0 radical (unpaired) electrons. The first-order chi connectivity index (χ1) is 17.0. The molecular weight excluding hydrogens is 464 g/mol. The molecule has 10 heteroatoms. The number of aryl methyl sites for hydroxylation is 1. The fourth-order valence-corrected chi connectivity index (χ4v) is 4.53. The summed E-state index contributed by atoms with van der Waals surface area (Å²) in [5.41, 5.74) is 3.32. The Kier molecular flexibility index (Phi) is 6.11. The summed E-state index contributed by atoms with van der Waals surface area (Å²) in [6.07, 6.45) is 3.45. The maximum Gasteiger partial charge on any atom is 0.337 e. The van der Waals surface area contributed by atoms with E-state index >= 15 is 0 Å². The van der Waals surface area contributed by atoms with Gasteiger partial charge in [-0.05, 0) is 48.9 Å². The number of benzene rings is 2. The Morgan fingerprint density at radius 3 is 2.74 bits per heavy atom. The van der Waals surface area contributed by atoms with E-state index in [4.69, 9.17) is 4.74 Å². The fourth-order valence-electron chi connectivity index (χ4n) is 3.71. The first-order valence-corrected chi connectivity index (χ1v) is 11.7. The molecule has 0 atom stereocenters. The third kappa shape index (κ3) is 4.43. The number of pyridine rings is 1. The molecule has 0 spiro atoms. The number of carbonyl (C=O) groups excluding carboxylic acids is 1. The number of para-hydroxylation sites is 1. The first-order valence-electron chi connectivity index (χ1n) is 10.7. The van der Waals surface area contributed by atoms with Crippen LogP contribution in [0.15, 0.2) is 76.9 Å². The summed E-state index contributed by atoms with van der Waals surface area (Å²) in [6.45, 7) is 2.03. The number of esters is 1. The lowest BCUT2D eigenvalue weighted by Crippen LogP contribution is -2.12. The van der Waals surface area contributed by atoms with Gasteiger partial charge in [0.2, 0.25) is 0 Å². The molecule has 0 saturated carbocycles. The van der Waals surface area contributed by atoms with Crippen molar-refractivity contribution in [1.29, 1.82) is 0 Å². The minimum atomic E-state index is -0.487. The van der Waals surface area contributed by atoms with Gasteiger partial charge in [-0.3, -0.25) is 14.3 Å². The van der Waals surface area contributed by atoms with E-state index < -0.39 is 5.97 Å². The van der Waals surface area contributed by atoms with Crippen LogP contribution in [-0.2, 0) is 10.5 Å². The molecule has 1 N–H and O–H groups in total. The first kappa shape index (κ1) is 22.5. The molecule has 9 nitrogen and oxygen atoms in total. The Bertz CT molecular complexity index is 1600. The van der Waals surface area contributed by atoms with Gasteiger partial charge >= 0.3 is 5.97 Å². The van der Waals surface area contributed by atoms with Crippen LogP contribution in [0.2, 0.25) is 0 Å². The number of hydrogen-bond donors (Lipinski definition) is 1. The van der Waals surface area contributed by atoms with Crippen LogP contribution in [-0.4, -0.2) is 42.8 Å². The molecule has 0 aliphatic heterocycles. The molecule has 5 rings (SSSR count). The number of aromatic amines is 1. The number of thioether (sulfide) groups is 1. The van der Waals surface area contributed by atoms with Gasteiger partial charge in [-0.25, -0.2) is 9.78 Å². The quantitative estimate of drug-likeness (QED) is 0.284. The zero-order valence-electron chi connectivity index (χ0n) is 18.9. The summed E-state index contributed by atoms with van der Waals surface area (Å²) in [5, 5.41) is 9.90. The van der Waals surface area contributed by atoms with Gasteiger partial charge in [0, 0.05) is 18.0 Å². The summed E-state index contributed by atoms with van der Waals surface area (Å²) in [6, 6.07) is 16.4. The predicted octanol–water partition coefficient (Wildman–Crippen LogP) is 3.95. The molecule has 2 aromatic carbocycles. The van der Waals surface area contributed by atoms with Crippen molar-refractivity contribution in [2.75, 3.05) is 7.11 Å². The van der Waals surface area contributed by atoms with Crippen molar-refractivity contribution in [3.05, 3.63) is 94.3 Å². The second kappa shape index (κ2) is 9.51. The molecule has 174 valence electrons. The molecule has 0 amide bonds. The van der Waals surface area contributed by atoms with E-state index in [1.54, 1.807) is 30.6 Å². The maximum atomic E-state index is 12.6. The number of ether oxygens (including phenoxy) is 1. The van der Waals surface area contributed by atoms with Crippen molar-refractivity contribution in [3.8, 4) is 17.1 Å². The SMILES string of the molecule is COC(=O)c1ccc2c(=O)[nH]c(CSc3nnc(-c4cccnc4)n3-c3ccccc3C)nc2c1. The summed E-state index contributed by atoms with van der Waals surface area (Å²) in [5.74, 6) is 0.971. The average molecular weight is 485 g/mol. The fraction of sp³-hybridized carbons (Fsp3) is 0.120. The lowest BCUT2D eigenvalue weighted by Gasteiger charge is -2.12. The molecular formula is C25H20N6O3S. The lowest BCUT2D eigenvalue weighted by atomic mass is 10.1. The molecule has 0 aliphatic carbocycles. The third-order valence-corrected chi connectivity index (χ3v) is 6.36. The highest BCUT2D eigenvalue weighted by atomic mass is 32.2. The lowest BCUT2D eigenvalue weighted by molar-refractivity contribution is 0.0601. The van der Waals surface area contributed by atoms with Gasteiger partial charge < -0.3 is 9.72 Å². The van der Waals surface area contributed by atoms with E-state index in [-0.39, 0.29) is 5.56 Å². The largest absolute Gasteiger partial charge is 0.465 e. The van der Waals surface area contributed by atoms with Gasteiger partial charge in [-0.1, -0.05) is 30.0 Å². The van der Waals surface area contributed by atoms with E-state index in [1.165, 1.54) is 18.9 Å². The normalized spacial score (nSPS) is 11.0. The van der Waals surface area contributed by atoms with Crippen molar-refractivity contribution >= 4 is 28.6 Å². The van der Waals surface area contributed by atoms with E-state index in [9.17, 15) is 9.59 Å². The van der Waals surface area contributed by atoms with E-state index in [0.717, 1.165) is 16.8 Å². The van der Waals surface area contributed by atoms with Gasteiger partial charge in [0.15, 0.2) is 11.0 Å². The molecule has 0 aliphatic rings. The monoisotopic (exact) mass is 484 g/mol. The molecule has 5 aromatic rings. The van der Waals surface area contributed by atoms with Crippen molar-refractivity contribution in [2.45, 2.75) is 17.8 Å². The summed E-state index contributed by atoms with van der Waals surface area (Å²) < 4.78 is 6.75.